The number of anilines is 1. The maximum Gasteiger partial charge on any atom is 0.240 e. The Morgan fingerprint density at radius 1 is 1.33 bits per heavy atom. The number of halogens is 1. The number of sulfonamides is 1. The van der Waals surface area contributed by atoms with Crippen LogP contribution in [0, 0.1) is 0 Å². The fourth-order valence-electron chi connectivity index (χ4n) is 1.76. The fourth-order valence-corrected chi connectivity index (χ4v) is 4.31. The van der Waals surface area contributed by atoms with Crippen LogP contribution in [0.15, 0.2) is 39.0 Å². The molecular formula is C13H15BrN2O3S2. The molecule has 1 aromatic heterocycles. The van der Waals surface area contributed by atoms with Crippen LogP contribution in [0.4, 0.5) is 5.69 Å². The Labute approximate surface area is 136 Å². The van der Waals surface area contributed by atoms with E-state index < -0.39 is 10.0 Å². The summed E-state index contributed by atoms with van der Waals surface area (Å²) in [6, 6.07) is 8.32. The van der Waals surface area contributed by atoms with Crippen LogP contribution in [0.5, 0.6) is 5.75 Å². The number of thiophene rings is 1. The smallest absolute Gasteiger partial charge is 0.240 e. The second-order valence-electron chi connectivity index (χ2n) is 4.26. The SMILES string of the molecule is COc1ccc(S(=O)(=O)NCCc2ccc(Br)s2)cc1N. The molecule has 0 aliphatic carbocycles. The molecule has 2 aromatic rings. The Morgan fingerprint density at radius 3 is 2.67 bits per heavy atom. The van der Waals surface area contributed by atoms with Gasteiger partial charge in [-0.3, -0.25) is 0 Å². The van der Waals surface area contributed by atoms with Gasteiger partial charge in [-0.2, -0.15) is 0 Å². The predicted octanol–water partition coefficient (Wildman–Crippen LogP) is 2.62. The van der Waals surface area contributed by atoms with E-state index in [2.05, 4.69) is 20.7 Å². The molecule has 0 aliphatic rings. The first-order valence-electron chi connectivity index (χ1n) is 6.10. The summed E-state index contributed by atoms with van der Waals surface area (Å²) in [5.74, 6) is 0.456. The highest BCUT2D eigenvalue weighted by atomic mass is 79.9. The summed E-state index contributed by atoms with van der Waals surface area (Å²) in [5.41, 5.74) is 6.02. The van der Waals surface area contributed by atoms with Gasteiger partial charge in [0, 0.05) is 11.4 Å². The highest BCUT2D eigenvalue weighted by Gasteiger charge is 2.15. The van der Waals surface area contributed by atoms with Crippen molar-refractivity contribution in [1.29, 1.82) is 0 Å². The van der Waals surface area contributed by atoms with Gasteiger partial charge in [0.05, 0.1) is 21.5 Å². The molecule has 0 bridgehead atoms. The maximum absolute atomic E-state index is 12.2. The van der Waals surface area contributed by atoms with Crippen molar-refractivity contribution in [3.8, 4) is 5.75 Å². The van der Waals surface area contributed by atoms with Crippen molar-refractivity contribution in [3.05, 3.63) is 39.0 Å². The minimum Gasteiger partial charge on any atom is -0.495 e. The molecule has 114 valence electrons. The molecule has 0 aliphatic heterocycles. The Kier molecular flexibility index (Phi) is 5.26. The molecular weight excluding hydrogens is 376 g/mol. The molecule has 1 aromatic carbocycles. The highest BCUT2D eigenvalue weighted by Crippen LogP contribution is 2.24. The average molecular weight is 391 g/mol. The highest BCUT2D eigenvalue weighted by molar-refractivity contribution is 9.11. The van der Waals surface area contributed by atoms with Crippen molar-refractivity contribution in [2.75, 3.05) is 19.4 Å². The van der Waals surface area contributed by atoms with Gasteiger partial charge in [-0.25, -0.2) is 13.1 Å². The zero-order valence-corrected chi connectivity index (χ0v) is 14.5. The van der Waals surface area contributed by atoms with Crippen LogP contribution in [0.2, 0.25) is 0 Å². The van der Waals surface area contributed by atoms with E-state index in [0.717, 1.165) is 8.66 Å². The minimum absolute atomic E-state index is 0.133. The zero-order chi connectivity index (χ0) is 15.5. The summed E-state index contributed by atoms with van der Waals surface area (Å²) in [4.78, 5) is 1.24. The van der Waals surface area contributed by atoms with Gasteiger partial charge < -0.3 is 10.5 Å². The second kappa shape index (κ2) is 6.78. The molecule has 5 nitrogen and oxygen atoms in total. The molecule has 1 heterocycles. The van der Waals surface area contributed by atoms with Crippen LogP contribution >= 0.6 is 27.3 Å². The lowest BCUT2D eigenvalue weighted by molar-refractivity contribution is 0.416. The van der Waals surface area contributed by atoms with E-state index >= 15 is 0 Å². The fraction of sp³-hybridized carbons (Fsp3) is 0.231. The molecule has 0 saturated carbocycles. The van der Waals surface area contributed by atoms with Crippen molar-refractivity contribution in [1.82, 2.24) is 4.72 Å². The van der Waals surface area contributed by atoms with Crippen LogP contribution in [-0.2, 0) is 16.4 Å². The van der Waals surface area contributed by atoms with E-state index in [9.17, 15) is 8.42 Å². The number of hydrogen-bond acceptors (Lipinski definition) is 5. The van der Waals surface area contributed by atoms with Gasteiger partial charge in [0.15, 0.2) is 0 Å². The van der Waals surface area contributed by atoms with Crippen molar-refractivity contribution in [2.45, 2.75) is 11.3 Å². The number of nitrogen functional groups attached to an aromatic ring is 1. The molecule has 8 heteroatoms. The van der Waals surface area contributed by atoms with Crippen LogP contribution in [0.25, 0.3) is 0 Å². The van der Waals surface area contributed by atoms with E-state index in [4.69, 9.17) is 10.5 Å². The number of rotatable bonds is 6. The number of methoxy groups -OCH3 is 1. The van der Waals surface area contributed by atoms with Gasteiger partial charge in [-0.1, -0.05) is 0 Å². The van der Waals surface area contributed by atoms with Gasteiger partial charge >= 0.3 is 0 Å². The lowest BCUT2D eigenvalue weighted by Crippen LogP contribution is -2.25. The summed E-state index contributed by atoms with van der Waals surface area (Å²) in [6.07, 6.45) is 0.640. The van der Waals surface area contributed by atoms with Gasteiger partial charge in [-0.05, 0) is 52.7 Å². The van der Waals surface area contributed by atoms with E-state index in [1.807, 2.05) is 12.1 Å². The molecule has 0 spiro atoms. The topological polar surface area (TPSA) is 81.4 Å². The van der Waals surface area contributed by atoms with Gasteiger partial charge in [0.1, 0.15) is 5.75 Å². The maximum atomic E-state index is 12.2. The van der Waals surface area contributed by atoms with E-state index in [1.165, 1.54) is 19.2 Å². The minimum atomic E-state index is -3.56. The first kappa shape index (κ1) is 16.3. The van der Waals surface area contributed by atoms with Crippen LogP contribution in [0.3, 0.4) is 0 Å². The quantitative estimate of drug-likeness (QED) is 0.742. The summed E-state index contributed by atoms with van der Waals surface area (Å²) in [5, 5.41) is 0. The van der Waals surface area contributed by atoms with Gasteiger partial charge in [0.2, 0.25) is 10.0 Å². The van der Waals surface area contributed by atoms with Crippen LogP contribution < -0.4 is 15.2 Å². The number of hydrogen-bond donors (Lipinski definition) is 2. The van der Waals surface area contributed by atoms with Crippen molar-refractivity contribution < 1.29 is 13.2 Å². The standard InChI is InChI=1S/C13H15BrN2O3S2/c1-19-12-4-3-10(8-11(12)15)21(17,18)16-7-6-9-2-5-13(14)20-9/h2-5,8,16H,6-7,15H2,1H3. The third-order valence-electron chi connectivity index (χ3n) is 2.80. The average Bonchev–Trinajstić information content (AvgIpc) is 2.84. The number of nitrogens with one attached hydrogen (secondary N) is 1. The molecule has 0 radical (unpaired) electrons. The molecule has 0 atom stereocenters. The van der Waals surface area contributed by atoms with Crippen molar-refractivity contribution >= 4 is 43.0 Å². The monoisotopic (exact) mass is 390 g/mol. The van der Waals surface area contributed by atoms with Crippen LogP contribution in [0.1, 0.15) is 4.88 Å². The lowest BCUT2D eigenvalue weighted by Gasteiger charge is -2.09. The summed E-state index contributed by atoms with van der Waals surface area (Å²) in [7, 11) is -2.08. The molecule has 0 amide bonds. The number of ether oxygens (including phenoxy) is 1. The molecule has 2 rings (SSSR count). The van der Waals surface area contributed by atoms with Crippen molar-refractivity contribution in [3.63, 3.8) is 0 Å². The molecule has 0 unspecified atom stereocenters. The van der Waals surface area contributed by atoms with Crippen molar-refractivity contribution in [2.24, 2.45) is 0 Å². The Morgan fingerprint density at radius 2 is 2.10 bits per heavy atom. The van der Waals surface area contributed by atoms with E-state index in [-0.39, 0.29) is 4.90 Å². The molecule has 3 N–H and O–H groups in total. The van der Waals surface area contributed by atoms with Crippen LogP contribution in [-0.4, -0.2) is 22.1 Å². The Balaban J connectivity index is 2.02. The second-order valence-corrected chi connectivity index (χ2v) is 8.57. The third-order valence-corrected chi connectivity index (χ3v) is 5.95. The first-order valence-corrected chi connectivity index (χ1v) is 9.19. The molecule has 0 fully saturated rings. The van der Waals surface area contributed by atoms with E-state index in [1.54, 1.807) is 17.4 Å². The van der Waals surface area contributed by atoms with E-state index in [0.29, 0.717) is 24.4 Å². The zero-order valence-electron chi connectivity index (χ0n) is 11.3. The molecule has 21 heavy (non-hydrogen) atoms. The predicted molar refractivity (Wildman–Crippen MR) is 88.3 cm³/mol. The summed E-state index contributed by atoms with van der Waals surface area (Å²) >= 11 is 4.96. The largest absolute Gasteiger partial charge is 0.495 e. The number of nitrogens with two attached hydrogens (primary N) is 1. The molecule has 0 saturated heterocycles. The normalized spacial score (nSPS) is 11.5. The number of benzene rings is 1. The third kappa shape index (κ3) is 4.19. The Bertz CT molecular complexity index is 729. The Hall–Kier alpha value is -1.09. The first-order chi connectivity index (χ1) is 9.92. The lowest BCUT2D eigenvalue weighted by atomic mass is 10.3. The summed E-state index contributed by atoms with van der Waals surface area (Å²) < 4.78 is 32.9. The summed E-state index contributed by atoms with van der Waals surface area (Å²) in [6.45, 7) is 0.335. The van der Waals surface area contributed by atoms with Gasteiger partial charge in [-0.15, -0.1) is 11.3 Å². The van der Waals surface area contributed by atoms with Gasteiger partial charge in [0.25, 0.3) is 0 Å².